The molecule has 9 nitrogen and oxygen atoms in total. The van der Waals surface area contributed by atoms with E-state index in [1.54, 1.807) is 12.1 Å². The number of β-lactam (4-membered cyclic amide) rings is 1. The molecule has 0 saturated carbocycles. The maximum Gasteiger partial charge on any atom is 0.247 e. The molecule has 152 valence electrons. The van der Waals surface area contributed by atoms with E-state index in [0.717, 1.165) is 0 Å². The Balaban J connectivity index is 1.53. The maximum atomic E-state index is 13.3. The molecule has 0 spiro atoms. The van der Waals surface area contributed by atoms with Gasteiger partial charge >= 0.3 is 0 Å². The fraction of sp³-hybridized carbons (Fsp3) is 0.611. The predicted octanol–water partition coefficient (Wildman–Crippen LogP) is 0.0208. The van der Waals surface area contributed by atoms with Gasteiger partial charge in [0.15, 0.2) is 9.84 Å². The molecular weight excluding hydrogens is 386 g/mol. The Bertz CT molecular complexity index is 923. The number of likely N-dealkylation sites (tertiary alicyclic amines) is 1. The molecule has 3 aliphatic rings. The highest BCUT2D eigenvalue weighted by Gasteiger charge is 2.68. The van der Waals surface area contributed by atoms with E-state index in [0.29, 0.717) is 25.1 Å². The maximum absolute atomic E-state index is 13.3. The first-order valence-electron chi connectivity index (χ1n) is 9.31. The van der Waals surface area contributed by atoms with Crippen LogP contribution in [0.4, 0.5) is 0 Å². The van der Waals surface area contributed by atoms with Crippen LogP contribution in [0.3, 0.4) is 0 Å². The van der Waals surface area contributed by atoms with Gasteiger partial charge in [-0.3, -0.25) is 14.4 Å². The molecular formula is C18H23N3O6S. The van der Waals surface area contributed by atoms with Crippen LogP contribution in [-0.2, 0) is 30.8 Å². The molecule has 3 fully saturated rings. The van der Waals surface area contributed by atoms with E-state index in [4.69, 9.17) is 4.42 Å². The number of carbonyl (C=O) groups excluding carboxylic acids is 3. The second-order valence-corrected chi connectivity index (χ2v) is 10.7. The standard InChI is InChI=1S/C18H23N3O6S/c1-18(2)15(21-13(22)9-14(21)28(18,25)26)17(24)20-7-3-6-12(20)16(23)19-10-11-5-4-8-27-11/h4-5,8,12,14-15H,3,6-7,9-10H2,1-2H3,(H,19,23). The molecule has 3 atom stereocenters. The molecule has 4 heterocycles. The van der Waals surface area contributed by atoms with Gasteiger partial charge in [-0.05, 0) is 38.8 Å². The van der Waals surface area contributed by atoms with Crippen molar-refractivity contribution in [2.75, 3.05) is 6.54 Å². The zero-order chi connectivity index (χ0) is 20.3. The Hall–Kier alpha value is -2.36. The van der Waals surface area contributed by atoms with Crippen molar-refractivity contribution in [1.82, 2.24) is 15.1 Å². The molecule has 1 N–H and O–H groups in total. The zero-order valence-electron chi connectivity index (χ0n) is 15.8. The number of furan rings is 1. The highest BCUT2D eigenvalue weighted by atomic mass is 32.2. The van der Waals surface area contributed by atoms with Crippen LogP contribution in [-0.4, -0.2) is 64.7 Å². The van der Waals surface area contributed by atoms with Crippen LogP contribution < -0.4 is 5.32 Å². The Labute approximate surface area is 162 Å². The third-order valence-electron chi connectivity index (χ3n) is 6.07. The molecule has 10 heteroatoms. The smallest absolute Gasteiger partial charge is 0.247 e. The summed E-state index contributed by atoms with van der Waals surface area (Å²) in [6.45, 7) is 3.54. The molecule has 0 aromatic carbocycles. The number of rotatable bonds is 4. The Morgan fingerprint density at radius 1 is 1.36 bits per heavy atom. The van der Waals surface area contributed by atoms with Gasteiger partial charge in [0.05, 0.1) is 24.0 Å². The first-order chi connectivity index (χ1) is 13.2. The van der Waals surface area contributed by atoms with Gasteiger partial charge in [0, 0.05) is 6.54 Å². The molecule has 3 unspecified atom stereocenters. The fourth-order valence-corrected chi connectivity index (χ4v) is 6.52. The lowest BCUT2D eigenvalue weighted by Gasteiger charge is -2.39. The van der Waals surface area contributed by atoms with Crippen molar-refractivity contribution in [3.8, 4) is 0 Å². The van der Waals surface area contributed by atoms with Crippen molar-refractivity contribution in [1.29, 1.82) is 0 Å². The summed E-state index contributed by atoms with van der Waals surface area (Å²) in [6, 6.07) is 1.67. The molecule has 3 amide bonds. The molecule has 3 aliphatic heterocycles. The number of fused-ring (bicyclic) bond motifs is 1. The number of carbonyl (C=O) groups is 3. The molecule has 1 aromatic heterocycles. The van der Waals surface area contributed by atoms with E-state index < -0.39 is 37.9 Å². The van der Waals surface area contributed by atoms with Gasteiger partial charge in [0.25, 0.3) is 0 Å². The number of nitrogens with zero attached hydrogens (tertiary/aromatic N) is 2. The predicted molar refractivity (Wildman–Crippen MR) is 97.3 cm³/mol. The van der Waals surface area contributed by atoms with Gasteiger partial charge in [0.2, 0.25) is 17.7 Å². The third kappa shape index (κ3) is 2.57. The minimum atomic E-state index is -3.66. The first-order valence-corrected chi connectivity index (χ1v) is 10.9. The van der Waals surface area contributed by atoms with Crippen molar-refractivity contribution in [3.63, 3.8) is 0 Å². The summed E-state index contributed by atoms with van der Waals surface area (Å²) >= 11 is 0. The monoisotopic (exact) mass is 409 g/mol. The van der Waals surface area contributed by atoms with Crippen LogP contribution in [0.1, 0.15) is 38.9 Å². The molecule has 28 heavy (non-hydrogen) atoms. The van der Waals surface area contributed by atoms with E-state index in [1.807, 2.05) is 0 Å². The second kappa shape index (κ2) is 6.33. The van der Waals surface area contributed by atoms with Gasteiger partial charge in [-0.1, -0.05) is 0 Å². The SMILES string of the molecule is CC1(C)C(C(=O)N2CCCC2C(=O)NCc2ccco2)N2C(=O)CC2S1(=O)=O. The average molecular weight is 409 g/mol. The number of hydrogen-bond donors (Lipinski definition) is 1. The summed E-state index contributed by atoms with van der Waals surface area (Å²) in [5.41, 5.74) is 0. The molecule has 1 aromatic rings. The second-order valence-electron chi connectivity index (χ2n) is 8.00. The Kier molecular flexibility index (Phi) is 4.29. The van der Waals surface area contributed by atoms with Gasteiger partial charge in [0.1, 0.15) is 23.2 Å². The molecule has 0 radical (unpaired) electrons. The van der Waals surface area contributed by atoms with E-state index in [9.17, 15) is 22.8 Å². The first kappa shape index (κ1) is 19.0. The van der Waals surface area contributed by atoms with Crippen molar-refractivity contribution in [3.05, 3.63) is 24.2 Å². The third-order valence-corrected chi connectivity index (χ3v) is 8.87. The van der Waals surface area contributed by atoms with E-state index in [-0.39, 0.29) is 24.8 Å². The average Bonchev–Trinajstić information content (AvgIpc) is 3.33. The Morgan fingerprint density at radius 3 is 2.75 bits per heavy atom. The zero-order valence-corrected chi connectivity index (χ0v) is 16.6. The van der Waals surface area contributed by atoms with E-state index in [1.165, 1.54) is 29.9 Å². The summed E-state index contributed by atoms with van der Waals surface area (Å²) in [6.07, 6.45) is 2.56. The lowest BCUT2D eigenvalue weighted by molar-refractivity contribution is -0.155. The van der Waals surface area contributed by atoms with Crippen LogP contribution in [0.2, 0.25) is 0 Å². The van der Waals surface area contributed by atoms with Gasteiger partial charge in [-0.25, -0.2) is 8.42 Å². The topological polar surface area (TPSA) is 117 Å². The van der Waals surface area contributed by atoms with Crippen molar-refractivity contribution in [2.45, 2.75) is 61.9 Å². The largest absolute Gasteiger partial charge is 0.467 e. The van der Waals surface area contributed by atoms with Crippen molar-refractivity contribution in [2.24, 2.45) is 0 Å². The molecule has 0 aliphatic carbocycles. The molecule has 0 bridgehead atoms. The summed E-state index contributed by atoms with van der Waals surface area (Å²) in [5.74, 6) is -0.524. The minimum Gasteiger partial charge on any atom is -0.467 e. The lowest BCUT2D eigenvalue weighted by atomic mass is 9.96. The van der Waals surface area contributed by atoms with Crippen LogP contribution in [0.5, 0.6) is 0 Å². The van der Waals surface area contributed by atoms with Gasteiger partial charge in [-0.15, -0.1) is 0 Å². The quantitative estimate of drug-likeness (QED) is 0.701. The number of amides is 3. The summed E-state index contributed by atoms with van der Waals surface area (Å²) in [4.78, 5) is 40.6. The fourth-order valence-electron chi connectivity index (χ4n) is 4.39. The Morgan fingerprint density at radius 2 is 2.11 bits per heavy atom. The van der Waals surface area contributed by atoms with Crippen molar-refractivity contribution >= 4 is 27.6 Å². The van der Waals surface area contributed by atoms with Gasteiger partial charge in [-0.2, -0.15) is 0 Å². The summed E-state index contributed by atoms with van der Waals surface area (Å²) in [7, 11) is -3.66. The highest BCUT2D eigenvalue weighted by Crippen LogP contribution is 2.46. The van der Waals surface area contributed by atoms with Crippen LogP contribution in [0, 0.1) is 0 Å². The highest BCUT2D eigenvalue weighted by molar-refractivity contribution is 7.93. The number of nitrogens with one attached hydrogen (secondary N) is 1. The minimum absolute atomic E-state index is 0.0807. The van der Waals surface area contributed by atoms with Gasteiger partial charge < -0.3 is 19.5 Å². The van der Waals surface area contributed by atoms with E-state index >= 15 is 0 Å². The molecule has 3 saturated heterocycles. The van der Waals surface area contributed by atoms with Crippen LogP contribution in [0.15, 0.2) is 22.8 Å². The summed E-state index contributed by atoms with van der Waals surface area (Å²) < 4.78 is 29.3. The van der Waals surface area contributed by atoms with Crippen LogP contribution >= 0.6 is 0 Å². The number of sulfone groups is 1. The number of hydrogen-bond acceptors (Lipinski definition) is 6. The van der Waals surface area contributed by atoms with Crippen LogP contribution in [0.25, 0.3) is 0 Å². The lowest BCUT2D eigenvalue weighted by Crippen LogP contribution is -2.61. The molecule has 4 rings (SSSR count). The van der Waals surface area contributed by atoms with Crippen molar-refractivity contribution < 1.29 is 27.2 Å². The summed E-state index contributed by atoms with van der Waals surface area (Å²) in [5, 5.41) is 1.82. The normalized spacial score (nSPS) is 30.1. The van der Waals surface area contributed by atoms with E-state index in [2.05, 4.69) is 5.32 Å².